The second kappa shape index (κ2) is 6.85. The van der Waals surface area contributed by atoms with Gasteiger partial charge in [0.2, 0.25) is 5.91 Å². The maximum atomic E-state index is 12.3. The normalized spacial score (nSPS) is 27.1. The van der Waals surface area contributed by atoms with E-state index in [1.807, 2.05) is 0 Å². The third-order valence-electron chi connectivity index (χ3n) is 4.06. The number of nitrogens with zero attached hydrogens (tertiary/aromatic N) is 3. The van der Waals surface area contributed by atoms with Gasteiger partial charge in [-0.2, -0.15) is 5.10 Å². The second-order valence-electron chi connectivity index (χ2n) is 5.32. The van der Waals surface area contributed by atoms with Crippen LogP contribution in [0.3, 0.4) is 0 Å². The summed E-state index contributed by atoms with van der Waals surface area (Å²) in [7, 11) is 3.36. The molecule has 1 saturated carbocycles. The van der Waals surface area contributed by atoms with Gasteiger partial charge in [-0.3, -0.25) is 9.48 Å². The van der Waals surface area contributed by atoms with E-state index < -0.39 is 6.10 Å². The van der Waals surface area contributed by atoms with Crippen molar-refractivity contribution in [2.24, 2.45) is 0 Å². The Labute approximate surface area is 119 Å². The van der Waals surface area contributed by atoms with E-state index in [0.717, 1.165) is 25.7 Å². The Balaban J connectivity index is 2.02. The highest BCUT2D eigenvalue weighted by Gasteiger charge is 2.34. The van der Waals surface area contributed by atoms with Gasteiger partial charge < -0.3 is 14.7 Å². The minimum absolute atomic E-state index is 0.0468. The van der Waals surface area contributed by atoms with Crippen LogP contribution in [0, 0.1) is 0 Å². The topological polar surface area (TPSA) is 67.6 Å². The molecule has 0 aromatic carbocycles. The van der Waals surface area contributed by atoms with Gasteiger partial charge in [-0.1, -0.05) is 12.8 Å². The van der Waals surface area contributed by atoms with Crippen molar-refractivity contribution in [3.8, 4) is 0 Å². The van der Waals surface area contributed by atoms with Gasteiger partial charge in [0, 0.05) is 26.6 Å². The van der Waals surface area contributed by atoms with Crippen molar-refractivity contribution < 1.29 is 14.6 Å². The van der Waals surface area contributed by atoms with E-state index in [1.54, 1.807) is 42.2 Å². The highest BCUT2D eigenvalue weighted by molar-refractivity contribution is 5.76. The molecule has 1 aliphatic carbocycles. The fraction of sp³-hybridized carbons (Fsp3) is 0.714. The van der Waals surface area contributed by atoms with E-state index in [-0.39, 0.29) is 24.6 Å². The summed E-state index contributed by atoms with van der Waals surface area (Å²) in [5, 5.41) is 14.4. The van der Waals surface area contributed by atoms with Gasteiger partial charge in [0.15, 0.2) is 0 Å². The lowest BCUT2D eigenvalue weighted by Gasteiger charge is -2.33. The molecule has 6 nitrogen and oxygen atoms in total. The SMILES string of the molecule is CO[C@@H]1CCCC[C@@H](N(C)C(=O)Cn2cccn2)[C@H]1O. The van der Waals surface area contributed by atoms with Crippen molar-refractivity contribution >= 4 is 5.91 Å². The van der Waals surface area contributed by atoms with Gasteiger partial charge in [0.1, 0.15) is 12.6 Å². The highest BCUT2D eigenvalue weighted by atomic mass is 16.5. The van der Waals surface area contributed by atoms with Crippen LogP contribution in [0.4, 0.5) is 0 Å². The van der Waals surface area contributed by atoms with Crippen LogP contribution in [0.25, 0.3) is 0 Å². The molecule has 0 bridgehead atoms. The monoisotopic (exact) mass is 281 g/mol. The van der Waals surface area contributed by atoms with Crippen molar-refractivity contribution in [1.82, 2.24) is 14.7 Å². The zero-order chi connectivity index (χ0) is 14.5. The lowest BCUT2D eigenvalue weighted by molar-refractivity contribution is -0.137. The standard InChI is InChI=1S/C14H23N3O3/c1-16(13(18)10-17-9-5-8-15-17)11-6-3-4-7-12(20-2)14(11)19/h5,8-9,11-12,14,19H,3-4,6-7,10H2,1-2H3/t11-,12-,14-/m1/s1. The summed E-state index contributed by atoms with van der Waals surface area (Å²) in [5.74, 6) is -0.0468. The number of aliphatic hydroxyl groups excluding tert-OH is 1. The van der Waals surface area contributed by atoms with Crippen molar-refractivity contribution in [3.63, 3.8) is 0 Å². The van der Waals surface area contributed by atoms with Crippen molar-refractivity contribution in [2.75, 3.05) is 14.2 Å². The third kappa shape index (κ3) is 3.37. The van der Waals surface area contributed by atoms with Crippen LogP contribution < -0.4 is 0 Å². The Morgan fingerprint density at radius 3 is 2.90 bits per heavy atom. The van der Waals surface area contributed by atoms with Gasteiger partial charge >= 0.3 is 0 Å². The predicted molar refractivity (Wildman–Crippen MR) is 74.1 cm³/mol. The van der Waals surface area contributed by atoms with E-state index in [1.165, 1.54) is 0 Å². The molecular weight excluding hydrogens is 258 g/mol. The number of hydrogen-bond acceptors (Lipinski definition) is 4. The van der Waals surface area contributed by atoms with Crippen LogP contribution in [-0.2, 0) is 16.1 Å². The minimum Gasteiger partial charge on any atom is -0.388 e. The lowest BCUT2D eigenvalue weighted by Crippen LogP contribution is -2.49. The van der Waals surface area contributed by atoms with E-state index in [4.69, 9.17) is 4.74 Å². The molecule has 2 rings (SSSR count). The van der Waals surface area contributed by atoms with Gasteiger partial charge in [0.05, 0.1) is 12.1 Å². The van der Waals surface area contributed by atoms with Crippen LogP contribution in [0.2, 0.25) is 0 Å². The fourth-order valence-corrected chi connectivity index (χ4v) is 2.80. The van der Waals surface area contributed by atoms with Crippen LogP contribution in [0.15, 0.2) is 18.5 Å². The Bertz CT molecular complexity index is 421. The van der Waals surface area contributed by atoms with Gasteiger partial charge in [-0.15, -0.1) is 0 Å². The molecule has 0 spiro atoms. The van der Waals surface area contributed by atoms with Gasteiger partial charge in [0.25, 0.3) is 0 Å². The summed E-state index contributed by atoms with van der Waals surface area (Å²) < 4.78 is 6.94. The predicted octanol–water partition coefficient (Wildman–Crippen LogP) is 0.660. The van der Waals surface area contributed by atoms with E-state index in [9.17, 15) is 9.90 Å². The van der Waals surface area contributed by atoms with E-state index in [2.05, 4.69) is 5.10 Å². The van der Waals surface area contributed by atoms with E-state index >= 15 is 0 Å². The first-order valence-corrected chi connectivity index (χ1v) is 7.07. The van der Waals surface area contributed by atoms with Gasteiger partial charge in [-0.25, -0.2) is 0 Å². The summed E-state index contributed by atoms with van der Waals surface area (Å²) >= 11 is 0. The van der Waals surface area contributed by atoms with Gasteiger partial charge in [-0.05, 0) is 18.9 Å². The molecular formula is C14H23N3O3. The highest BCUT2D eigenvalue weighted by Crippen LogP contribution is 2.24. The number of rotatable bonds is 4. The van der Waals surface area contributed by atoms with Crippen molar-refractivity contribution in [2.45, 2.75) is 50.5 Å². The largest absolute Gasteiger partial charge is 0.388 e. The average Bonchev–Trinajstić information content (AvgIpc) is 2.87. The summed E-state index contributed by atoms with van der Waals surface area (Å²) in [6, 6.07) is 1.60. The van der Waals surface area contributed by atoms with Crippen molar-refractivity contribution in [1.29, 1.82) is 0 Å². The lowest BCUT2D eigenvalue weighted by atomic mass is 10.0. The molecule has 20 heavy (non-hydrogen) atoms. The van der Waals surface area contributed by atoms with Crippen LogP contribution in [0.1, 0.15) is 25.7 Å². The van der Waals surface area contributed by atoms with Crippen LogP contribution in [-0.4, -0.2) is 58.1 Å². The Kier molecular flexibility index (Phi) is 5.14. The summed E-state index contributed by atoms with van der Waals surface area (Å²) in [4.78, 5) is 13.9. The molecule has 0 unspecified atom stereocenters. The van der Waals surface area contributed by atoms with Crippen LogP contribution >= 0.6 is 0 Å². The molecule has 3 atom stereocenters. The first-order valence-electron chi connectivity index (χ1n) is 7.07. The quantitative estimate of drug-likeness (QED) is 0.823. The Morgan fingerprint density at radius 2 is 2.25 bits per heavy atom. The zero-order valence-electron chi connectivity index (χ0n) is 12.1. The number of aliphatic hydroxyl groups is 1. The number of carbonyl (C=O) groups excluding carboxylic acids is 1. The average molecular weight is 281 g/mol. The molecule has 0 radical (unpaired) electrons. The number of carbonyl (C=O) groups is 1. The molecule has 112 valence electrons. The molecule has 1 N–H and O–H groups in total. The minimum atomic E-state index is -0.630. The molecule has 1 aromatic rings. The molecule has 0 saturated heterocycles. The molecule has 1 aromatic heterocycles. The van der Waals surface area contributed by atoms with E-state index in [0.29, 0.717) is 0 Å². The fourth-order valence-electron chi connectivity index (χ4n) is 2.80. The molecule has 1 fully saturated rings. The molecule has 1 aliphatic rings. The Hall–Kier alpha value is -1.40. The Morgan fingerprint density at radius 1 is 1.50 bits per heavy atom. The van der Waals surface area contributed by atoms with Crippen LogP contribution in [0.5, 0.6) is 0 Å². The van der Waals surface area contributed by atoms with Crippen molar-refractivity contribution in [3.05, 3.63) is 18.5 Å². The zero-order valence-corrected chi connectivity index (χ0v) is 12.1. The molecule has 1 amide bonds. The number of aromatic nitrogens is 2. The smallest absolute Gasteiger partial charge is 0.244 e. The number of methoxy groups -OCH3 is 1. The maximum Gasteiger partial charge on any atom is 0.244 e. The second-order valence-corrected chi connectivity index (χ2v) is 5.32. The number of amides is 1. The first-order chi connectivity index (χ1) is 9.63. The molecule has 6 heteroatoms. The number of hydrogen-bond donors (Lipinski definition) is 1. The number of likely N-dealkylation sites (N-methyl/N-ethyl adjacent to an activating group) is 1. The first kappa shape index (κ1) is 15.0. The summed E-state index contributed by atoms with van der Waals surface area (Å²) in [6.07, 6.45) is 6.25. The molecule has 0 aliphatic heterocycles. The number of ether oxygens (including phenoxy) is 1. The summed E-state index contributed by atoms with van der Waals surface area (Å²) in [6.45, 7) is 0.199. The molecule has 1 heterocycles. The summed E-state index contributed by atoms with van der Waals surface area (Å²) in [5.41, 5.74) is 0. The third-order valence-corrected chi connectivity index (χ3v) is 4.06. The maximum absolute atomic E-state index is 12.3.